The number of anilines is 1. The summed E-state index contributed by atoms with van der Waals surface area (Å²) in [5.41, 5.74) is 2.67. The van der Waals surface area contributed by atoms with Crippen molar-refractivity contribution in [2.24, 2.45) is 0 Å². The molecule has 3 aromatic rings. The number of carbonyl (C=O) groups is 1. The zero-order valence-electron chi connectivity index (χ0n) is 14.2. The Morgan fingerprint density at radius 3 is 2.60 bits per heavy atom. The van der Waals surface area contributed by atoms with Crippen LogP contribution in [0.25, 0.3) is 10.4 Å². The van der Waals surface area contributed by atoms with Crippen molar-refractivity contribution in [2.75, 3.05) is 19.5 Å². The number of nitrogens with one attached hydrogen (secondary N) is 1. The van der Waals surface area contributed by atoms with Gasteiger partial charge in [-0.3, -0.25) is 10.1 Å². The number of rotatable bonds is 5. The lowest BCUT2D eigenvalue weighted by Crippen LogP contribution is -2.13. The Balaban J connectivity index is 1.85. The second-order valence-corrected chi connectivity index (χ2v) is 6.37. The molecule has 1 heterocycles. The van der Waals surface area contributed by atoms with E-state index in [2.05, 4.69) is 23.3 Å². The Kier molecular flexibility index (Phi) is 5.00. The van der Waals surface area contributed by atoms with Gasteiger partial charge in [-0.25, -0.2) is 4.98 Å². The molecule has 0 saturated heterocycles. The van der Waals surface area contributed by atoms with E-state index in [1.807, 2.05) is 18.2 Å². The average Bonchev–Trinajstić information content (AvgIpc) is 3.09. The van der Waals surface area contributed by atoms with Gasteiger partial charge < -0.3 is 9.47 Å². The number of thiazole rings is 1. The van der Waals surface area contributed by atoms with Gasteiger partial charge in [0.25, 0.3) is 5.91 Å². The number of aryl methyl sites for hydroxylation is 1. The number of hydrogen-bond donors (Lipinski definition) is 1. The van der Waals surface area contributed by atoms with Gasteiger partial charge in [0, 0.05) is 6.20 Å². The molecule has 1 amide bonds. The molecule has 5 nitrogen and oxygen atoms in total. The lowest BCUT2D eigenvalue weighted by atomic mass is 10.1. The highest BCUT2D eigenvalue weighted by Crippen LogP contribution is 2.33. The minimum atomic E-state index is -0.290. The molecule has 0 aliphatic heterocycles. The standard InChI is InChI=1S/C19H18N2O3S/c1-12-7-4-5-8-13(12)16-11-20-19(25-16)21-18(22)14-9-6-10-15(23-2)17(14)24-3/h4-11H,1-3H3,(H,20,21,22). The fraction of sp³-hybridized carbons (Fsp3) is 0.158. The number of ether oxygens (including phenoxy) is 2. The first-order valence-corrected chi connectivity index (χ1v) is 8.50. The fourth-order valence-electron chi connectivity index (χ4n) is 2.54. The van der Waals surface area contributed by atoms with Crippen LogP contribution < -0.4 is 14.8 Å². The van der Waals surface area contributed by atoms with Gasteiger partial charge >= 0.3 is 0 Å². The molecule has 0 spiro atoms. The Labute approximate surface area is 150 Å². The molecular weight excluding hydrogens is 336 g/mol. The smallest absolute Gasteiger partial charge is 0.261 e. The van der Waals surface area contributed by atoms with Crippen LogP contribution in [0.2, 0.25) is 0 Å². The number of aromatic nitrogens is 1. The topological polar surface area (TPSA) is 60.5 Å². The van der Waals surface area contributed by atoms with E-state index in [9.17, 15) is 4.79 Å². The number of nitrogens with zero attached hydrogens (tertiary/aromatic N) is 1. The predicted octanol–water partition coefficient (Wildman–Crippen LogP) is 4.39. The Morgan fingerprint density at radius 1 is 1.08 bits per heavy atom. The van der Waals surface area contributed by atoms with Crippen LogP contribution in [-0.4, -0.2) is 25.1 Å². The molecule has 128 valence electrons. The van der Waals surface area contributed by atoms with E-state index in [1.54, 1.807) is 24.4 Å². The van der Waals surface area contributed by atoms with E-state index in [0.29, 0.717) is 22.2 Å². The van der Waals surface area contributed by atoms with Gasteiger partial charge in [0.15, 0.2) is 16.6 Å². The normalized spacial score (nSPS) is 10.4. The first kappa shape index (κ1) is 17.0. The van der Waals surface area contributed by atoms with Crippen molar-refractivity contribution in [2.45, 2.75) is 6.92 Å². The van der Waals surface area contributed by atoms with Crippen LogP contribution >= 0.6 is 11.3 Å². The van der Waals surface area contributed by atoms with Crippen LogP contribution in [-0.2, 0) is 0 Å². The monoisotopic (exact) mass is 354 g/mol. The molecule has 6 heteroatoms. The van der Waals surface area contributed by atoms with Crippen LogP contribution in [0, 0.1) is 6.92 Å². The van der Waals surface area contributed by atoms with Crippen LogP contribution in [0.1, 0.15) is 15.9 Å². The number of methoxy groups -OCH3 is 2. The molecule has 25 heavy (non-hydrogen) atoms. The SMILES string of the molecule is COc1cccc(C(=O)Nc2ncc(-c3ccccc3C)s2)c1OC. The summed E-state index contributed by atoms with van der Waals surface area (Å²) in [4.78, 5) is 17.9. The molecule has 0 aliphatic rings. The van der Waals surface area contributed by atoms with Crippen LogP contribution in [0.3, 0.4) is 0 Å². The van der Waals surface area contributed by atoms with Gasteiger partial charge in [0.1, 0.15) is 0 Å². The molecule has 3 rings (SSSR count). The predicted molar refractivity (Wildman–Crippen MR) is 99.8 cm³/mol. The summed E-state index contributed by atoms with van der Waals surface area (Å²) in [6.07, 6.45) is 1.77. The zero-order valence-corrected chi connectivity index (χ0v) is 15.0. The van der Waals surface area contributed by atoms with Crippen LogP contribution in [0.5, 0.6) is 11.5 Å². The maximum Gasteiger partial charge on any atom is 0.261 e. The molecular formula is C19H18N2O3S. The molecule has 0 fully saturated rings. The van der Waals surface area contributed by atoms with Crippen molar-refractivity contribution in [1.82, 2.24) is 4.98 Å². The van der Waals surface area contributed by atoms with Crippen molar-refractivity contribution in [3.63, 3.8) is 0 Å². The van der Waals surface area contributed by atoms with Crippen molar-refractivity contribution >= 4 is 22.4 Å². The third-order valence-corrected chi connectivity index (χ3v) is 4.73. The van der Waals surface area contributed by atoms with Crippen molar-refractivity contribution in [3.05, 3.63) is 59.8 Å². The number of amides is 1. The first-order valence-electron chi connectivity index (χ1n) is 7.68. The highest BCUT2D eigenvalue weighted by molar-refractivity contribution is 7.19. The van der Waals surface area contributed by atoms with Gasteiger partial charge in [-0.2, -0.15) is 0 Å². The van der Waals surface area contributed by atoms with E-state index in [0.717, 1.165) is 10.4 Å². The summed E-state index contributed by atoms with van der Waals surface area (Å²) in [5, 5.41) is 3.36. The van der Waals surface area contributed by atoms with Gasteiger partial charge in [0.05, 0.1) is 24.7 Å². The molecule has 1 N–H and O–H groups in total. The molecule has 0 atom stereocenters. The minimum absolute atomic E-state index is 0.290. The quantitative estimate of drug-likeness (QED) is 0.738. The number of carbonyl (C=O) groups excluding carboxylic acids is 1. The summed E-state index contributed by atoms with van der Waals surface area (Å²) in [7, 11) is 3.04. The minimum Gasteiger partial charge on any atom is -0.493 e. The largest absolute Gasteiger partial charge is 0.493 e. The lowest BCUT2D eigenvalue weighted by Gasteiger charge is -2.11. The molecule has 0 radical (unpaired) electrons. The Hall–Kier alpha value is -2.86. The van der Waals surface area contributed by atoms with E-state index < -0.39 is 0 Å². The van der Waals surface area contributed by atoms with Gasteiger partial charge in [-0.15, -0.1) is 0 Å². The number of para-hydroxylation sites is 1. The van der Waals surface area contributed by atoms with Crippen LogP contribution in [0.4, 0.5) is 5.13 Å². The van der Waals surface area contributed by atoms with Crippen molar-refractivity contribution in [3.8, 4) is 21.9 Å². The van der Waals surface area contributed by atoms with Gasteiger partial charge in [-0.1, -0.05) is 41.7 Å². The summed E-state index contributed by atoms with van der Waals surface area (Å²) >= 11 is 1.43. The summed E-state index contributed by atoms with van der Waals surface area (Å²) < 4.78 is 10.5. The highest BCUT2D eigenvalue weighted by atomic mass is 32.1. The number of hydrogen-bond acceptors (Lipinski definition) is 5. The molecule has 2 aromatic carbocycles. The first-order chi connectivity index (χ1) is 12.1. The lowest BCUT2D eigenvalue weighted by molar-refractivity contribution is 0.102. The molecule has 0 bridgehead atoms. The highest BCUT2D eigenvalue weighted by Gasteiger charge is 2.18. The third-order valence-electron chi connectivity index (χ3n) is 3.78. The molecule has 0 aliphatic carbocycles. The average molecular weight is 354 g/mol. The van der Waals surface area contributed by atoms with Crippen molar-refractivity contribution < 1.29 is 14.3 Å². The Morgan fingerprint density at radius 2 is 1.88 bits per heavy atom. The maximum absolute atomic E-state index is 12.6. The van der Waals surface area contributed by atoms with Gasteiger partial charge in [-0.05, 0) is 30.2 Å². The van der Waals surface area contributed by atoms with E-state index in [-0.39, 0.29) is 5.91 Å². The summed E-state index contributed by atoms with van der Waals surface area (Å²) in [6.45, 7) is 2.05. The third kappa shape index (κ3) is 3.49. The maximum atomic E-state index is 12.6. The molecule has 0 saturated carbocycles. The second-order valence-electron chi connectivity index (χ2n) is 5.34. The molecule has 0 unspecified atom stereocenters. The Bertz CT molecular complexity index is 905. The van der Waals surface area contributed by atoms with Gasteiger partial charge in [0.2, 0.25) is 0 Å². The van der Waals surface area contributed by atoms with E-state index in [1.165, 1.54) is 31.1 Å². The van der Waals surface area contributed by atoms with E-state index >= 15 is 0 Å². The summed E-state index contributed by atoms with van der Waals surface area (Å²) in [5.74, 6) is 0.620. The fourth-order valence-corrected chi connectivity index (χ4v) is 3.44. The summed E-state index contributed by atoms with van der Waals surface area (Å²) in [6, 6.07) is 13.3. The van der Waals surface area contributed by atoms with Crippen molar-refractivity contribution in [1.29, 1.82) is 0 Å². The molecule has 1 aromatic heterocycles. The number of benzene rings is 2. The zero-order chi connectivity index (χ0) is 17.8. The van der Waals surface area contributed by atoms with Crippen LogP contribution in [0.15, 0.2) is 48.7 Å². The second kappa shape index (κ2) is 7.36. The van der Waals surface area contributed by atoms with E-state index in [4.69, 9.17) is 9.47 Å².